The van der Waals surface area contributed by atoms with Crippen LogP contribution in [0.2, 0.25) is 0 Å². The number of hydrogen-bond donors (Lipinski definition) is 2. The lowest BCUT2D eigenvalue weighted by Crippen LogP contribution is -2.37. The number of amides is 1. The Hall–Kier alpha value is -4.95. The molecule has 0 saturated carbocycles. The Labute approximate surface area is 230 Å². The fraction of sp³-hybridized carbons (Fsp3) is 0.308. The van der Waals surface area contributed by atoms with Crippen LogP contribution in [-0.4, -0.2) is 70.7 Å². The zero-order valence-electron chi connectivity index (χ0n) is 22.0. The number of aryl methyl sites for hydroxylation is 1. The zero-order chi connectivity index (χ0) is 29.5. The Kier molecular flexibility index (Phi) is 7.11. The average Bonchev–Trinajstić information content (AvgIpc) is 3.65. The van der Waals surface area contributed by atoms with Crippen LogP contribution in [0.5, 0.6) is 0 Å². The van der Waals surface area contributed by atoms with Crippen molar-refractivity contribution in [1.29, 1.82) is 0 Å². The maximum Gasteiger partial charge on any atom is 0.490 e. The molecular weight excluding hydrogens is 545 g/mol. The quantitative estimate of drug-likeness (QED) is 0.327. The molecule has 41 heavy (non-hydrogen) atoms. The highest BCUT2D eigenvalue weighted by molar-refractivity contribution is 6.01. The standard InChI is InChI=1S/C24H24N8O2.C2HF3O2/c1-14(33)31-7-4-16(5-8-31)32-13-15(10-28-32)22-17-9-21(34-24(17)19(25)12-27-22)23-18-11-26-6-3-20(18)29-30(23)2;3-2(4,5)1(6)7/h3,6,9-13,16H,4-5,7-8,25H2,1-2H3;(H,6,7). The first-order valence-electron chi connectivity index (χ1n) is 12.5. The molecule has 1 aliphatic rings. The first kappa shape index (κ1) is 27.6. The van der Waals surface area contributed by atoms with Gasteiger partial charge >= 0.3 is 12.1 Å². The Bertz CT molecular complexity index is 1750. The molecule has 6 heterocycles. The number of nitrogens with two attached hydrogens (primary N) is 1. The molecule has 0 radical (unpaired) electrons. The number of nitrogen functional groups attached to an aromatic ring is 1. The van der Waals surface area contributed by atoms with Crippen molar-refractivity contribution in [3.05, 3.63) is 43.1 Å². The first-order chi connectivity index (χ1) is 19.4. The number of halogens is 3. The van der Waals surface area contributed by atoms with Crippen molar-refractivity contribution >= 4 is 39.4 Å². The molecule has 0 aromatic carbocycles. The van der Waals surface area contributed by atoms with E-state index in [0.717, 1.165) is 59.2 Å². The van der Waals surface area contributed by atoms with Gasteiger partial charge in [-0.05, 0) is 25.0 Å². The summed E-state index contributed by atoms with van der Waals surface area (Å²) in [5.41, 5.74) is 10.6. The third kappa shape index (κ3) is 5.42. The molecule has 0 unspecified atom stereocenters. The fourth-order valence-electron chi connectivity index (χ4n) is 4.83. The van der Waals surface area contributed by atoms with Gasteiger partial charge in [0, 0.05) is 62.0 Å². The van der Waals surface area contributed by atoms with Gasteiger partial charge in [0.1, 0.15) is 5.69 Å². The lowest BCUT2D eigenvalue weighted by molar-refractivity contribution is -0.192. The number of piperidine rings is 1. The second-order valence-electron chi connectivity index (χ2n) is 9.53. The van der Waals surface area contributed by atoms with Crippen LogP contribution in [0.15, 0.2) is 47.5 Å². The van der Waals surface area contributed by atoms with Crippen LogP contribution in [0.3, 0.4) is 0 Å². The third-order valence-electron chi connectivity index (χ3n) is 6.85. The molecule has 1 amide bonds. The number of hydrogen-bond acceptors (Lipinski definition) is 8. The van der Waals surface area contributed by atoms with Gasteiger partial charge in [0.15, 0.2) is 11.3 Å². The van der Waals surface area contributed by atoms with Crippen molar-refractivity contribution in [2.45, 2.75) is 32.0 Å². The number of aromatic nitrogens is 6. The van der Waals surface area contributed by atoms with Crippen molar-refractivity contribution in [3.63, 3.8) is 0 Å². The number of aliphatic carboxylic acids is 1. The number of nitrogens with zero attached hydrogens (tertiary/aromatic N) is 7. The van der Waals surface area contributed by atoms with Gasteiger partial charge in [-0.3, -0.25) is 24.1 Å². The van der Waals surface area contributed by atoms with E-state index in [4.69, 9.17) is 20.1 Å². The largest absolute Gasteiger partial charge is 0.490 e. The van der Waals surface area contributed by atoms with E-state index < -0.39 is 12.1 Å². The predicted octanol–water partition coefficient (Wildman–Crippen LogP) is 4.04. The van der Waals surface area contributed by atoms with E-state index in [1.165, 1.54) is 0 Å². The summed E-state index contributed by atoms with van der Waals surface area (Å²) < 4.78 is 41.7. The molecule has 0 spiro atoms. The Morgan fingerprint density at radius 2 is 1.85 bits per heavy atom. The monoisotopic (exact) mass is 570 g/mol. The summed E-state index contributed by atoms with van der Waals surface area (Å²) in [6.07, 6.45) is 5.64. The van der Waals surface area contributed by atoms with Crippen molar-refractivity contribution in [2.75, 3.05) is 18.8 Å². The Morgan fingerprint density at radius 1 is 1.15 bits per heavy atom. The van der Waals surface area contributed by atoms with E-state index in [0.29, 0.717) is 17.0 Å². The molecule has 6 rings (SSSR count). The second-order valence-corrected chi connectivity index (χ2v) is 9.53. The molecule has 1 aliphatic heterocycles. The van der Waals surface area contributed by atoms with E-state index in [2.05, 4.69) is 20.2 Å². The van der Waals surface area contributed by atoms with Gasteiger partial charge in [0.2, 0.25) is 5.91 Å². The van der Waals surface area contributed by atoms with E-state index in [-0.39, 0.29) is 11.9 Å². The summed E-state index contributed by atoms with van der Waals surface area (Å²) in [6, 6.07) is 4.08. The Morgan fingerprint density at radius 3 is 2.51 bits per heavy atom. The SMILES string of the molecule is CC(=O)N1CCC(n2cc(-c3ncc(N)c4oc(-c5c6cnccc6nn5C)cc34)cn2)CC1.O=C(O)C(F)(F)F. The molecule has 15 heteroatoms. The average molecular weight is 571 g/mol. The topological polar surface area (TPSA) is 158 Å². The molecule has 5 aromatic heterocycles. The Balaban J connectivity index is 0.000000431. The number of pyridine rings is 2. The van der Waals surface area contributed by atoms with Gasteiger partial charge in [-0.15, -0.1) is 0 Å². The zero-order valence-corrected chi connectivity index (χ0v) is 22.0. The van der Waals surface area contributed by atoms with Crippen molar-refractivity contribution in [2.24, 2.45) is 7.05 Å². The lowest BCUT2D eigenvalue weighted by atomic mass is 10.1. The number of likely N-dealkylation sites (tertiary alicyclic amines) is 1. The number of rotatable bonds is 3. The van der Waals surface area contributed by atoms with Crippen LogP contribution in [0.4, 0.5) is 18.9 Å². The predicted molar refractivity (Wildman–Crippen MR) is 141 cm³/mol. The highest BCUT2D eigenvalue weighted by Gasteiger charge is 2.38. The minimum Gasteiger partial charge on any atom is -0.475 e. The number of carbonyl (C=O) groups excluding carboxylic acids is 1. The fourth-order valence-corrected chi connectivity index (χ4v) is 4.83. The molecule has 1 fully saturated rings. The number of anilines is 1. The number of alkyl halides is 3. The minimum atomic E-state index is -5.08. The summed E-state index contributed by atoms with van der Waals surface area (Å²) in [7, 11) is 1.88. The highest BCUT2D eigenvalue weighted by atomic mass is 19.4. The van der Waals surface area contributed by atoms with Crippen LogP contribution in [-0.2, 0) is 16.6 Å². The summed E-state index contributed by atoms with van der Waals surface area (Å²) in [5, 5.41) is 18.0. The molecule has 0 aliphatic carbocycles. The van der Waals surface area contributed by atoms with E-state index in [9.17, 15) is 18.0 Å². The number of carboxylic acids is 1. The smallest absolute Gasteiger partial charge is 0.475 e. The van der Waals surface area contributed by atoms with Crippen LogP contribution in [0, 0.1) is 0 Å². The molecule has 1 saturated heterocycles. The molecule has 0 bridgehead atoms. The summed E-state index contributed by atoms with van der Waals surface area (Å²) >= 11 is 0. The van der Waals surface area contributed by atoms with Gasteiger partial charge in [0.05, 0.1) is 35.3 Å². The molecule has 3 N–H and O–H groups in total. The third-order valence-corrected chi connectivity index (χ3v) is 6.85. The number of fused-ring (bicyclic) bond motifs is 2. The highest BCUT2D eigenvalue weighted by Crippen LogP contribution is 2.38. The van der Waals surface area contributed by atoms with Crippen LogP contribution in [0.1, 0.15) is 25.8 Å². The van der Waals surface area contributed by atoms with Crippen LogP contribution < -0.4 is 5.73 Å². The van der Waals surface area contributed by atoms with Crippen LogP contribution >= 0.6 is 0 Å². The summed E-state index contributed by atoms with van der Waals surface area (Å²) in [5.74, 6) is -1.98. The van der Waals surface area contributed by atoms with Gasteiger partial charge in [-0.25, -0.2) is 4.79 Å². The number of carbonyl (C=O) groups is 2. The summed E-state index contributed by atoms with van der Waals surface area (Å²) in [4.78, 5) is 31.3. The van der Waals surface area contributed by atoms with E-state index in [1.807, 2.05) is 41.2 Å². The normalized spacial score (nSPS) is 14.3. The van der Waals surface area contributed by atoms with Gasteiger partial charge < -0.3 is 20.2 Å². The molecule has 5 aromatic rings. The molecular formula is C26H25F3N8O4. The van der Waals surface area contributed by atoms with Crippen molar-refractivity contribution in [1.82, 2.24) is 34.4 Å². The van der Waals surface area contributed by atoms with Crippen molar-refractivity contribution < 1.29 is 32.3 Å². The lowest BCUT2D eigenvalue weighted by Gasteiger charge is -2.31. The number of carboxylic acid groups (broad SMARTS) is 1. The number of furan rings is 1. The maximum atomic E-state index is 11.6. The minimum absolute atomic E-state index is 0.126. The maximum absolute atomic E-state index is 11.6. The first-order valence-corrected chi connectivity index (χ1v) is 12.5. The van der Waals surface area contributed by atoms with Gasteiger partial charge in [-0.1, -0.05) is 0 Å². The van der Waals surface area contributed by atoms with E-state index >= 15 is 0 Å². The molecule has 12 nitrogen and oxygen atoms in total. The van der Waals surface area contributed by atoms with Crippen LogP contribution in [0.25, 0.3) is 44.6 Å². The van der Waals surface area contributed by atoms with Gasteiger partial charge in [-0.2, -0.15) is 23.4 Å². The molecule has 214 valence electrons. The second kappa shape index (κ2) is 10.6. The van der Waals surface area contributed by atoms with Crippen molar-refractivity contribution in [3.8, 4) is 22.7 Å². The van der Waals surface area contributed by atoms with Gasteiger partial charge in [0.25, 0.3) is 0 Å². The molecule has 0 atom stereocenters. The summed E-state index contributed by atoms with van der Waals surface area (Å²) in [6.45, 7) is 3.12. The van der Waals surface area contributed by atoms with E-state index in [1.54, 1.807) is 30.2 Å².